The molecular weight excluding hydrogens is 332 g/mol. The Kier molecular flexibility index (Phi) is 3.96. The lowest BCUT2D eigenvalue weighted by molar-refractivity contribution is 1.07. The number of halogens is 1. The average Bonchev–Trinajstić information content (AvgIpc) is 2.97. The second-order valence-corrected chi connectivity index (χ2v) is 6.13. The van der Waals surface area contributed by atoms with Crippen molar-refractivity contribution >= 4 is 27.3 Å². The summed E-state index contributed by atoms with van der Waals surface area (Å²) in [6, 6.07) is 16.4. The molecule has 0 saturated carbocycles. The number of nitrogens with zero attached hydrogens (tertiary/aromatic N) is 1. The largest absolute Gasteiger partial charge is 0.326 e. The molecule has 3 aromatic rings. The van der Waals surface area contributed by atoms with Gasteiger partial charge in [-0.2, -0.15) is 0 Å². The molecule has 20 heavy (non-hydrogen) atoms. The summed E-state index contributed by atoms with van der Waals surface area (Å²) < 4.78 is 1.06. The maximum atomic E-state index is 5.69. The molecule has 1 aromatic heterocycles. The predicted octanol–water partition coefficient (Wildman–Crippen LogP) is 4.70. The first-order valence-electron chi connectivity index (χ1n) is 6.28. The second kappa shape index (κ2) is 5.87. The van der Waals surface area contributed by atoms with Crippen LogP contribution in [0, 0.1) is 0 Å². The van der Waals surface area contributed by atoms with Gasteiger partial charge in [-0.05, 0) is 17.7 Å². The molecule has 100 valence electrons. The SMILES string of the molecule is NCc1cccc(-c2nc(-c3ccccc3Br)cs2)c1. The standard InChI is InChI=1S/C16H13BrN2S/c17-14-7-2-1-6-13(14)15-10-20-16(19-15)12-5-3-4-11(8-12)9-18/h1-8,10H,9,18H2. The lowest BCUT2D eigenvalue weighted by Crippen LogP contribution is -1.95. The maximum Gasteiger partial charge on any atom is 0.124 e. The van der Waals surface area contributed by atoms with E-state index < -0.39 is 0 Å². The van der Waals surface area contributed by atoms with E-state index in [1.807, 2.05) is 30.3 Å². The van der Waals surface area contributed by atoms with Crippen LogP contribution < -0.4 is 5.73 Å². The number of aromatic nitrogens is 1. The fourth-order valence-electron chi connectivity index (χ4n) is 2.03. The molecule has 0 amide bonds. The van der Waals surface area contributed by atoms with Gasteiger partial charge in [0.05, 0.1) is 5.69 Å². The van der Waals surface area contributed by atoms with Gasteiger partial charge in [0, 0.05) is 27.5 Å². The zero-order valence-electron chi connectivity index (χ0n) is 10.7. The van der Waals surface area contributed by atoms with Crippen LogP contribution in [0.15, 0.2) is 58.4 Å². The highest BCUT2D eigenvalue weighted by Crippen LogP contribution is 2.32. The molecule has 0 saturated heterocycles. The van der Waals surface area contributed by atoms with Crippen molar-refractivity contribution in [2.45, 2.75) is 6.54 Å². The van der Waals surface area contributed by atoms with Crippen molar-refractivity contribution in [3.8, 4) is 21.8 Å². The summed E-state index contributed by atoms with van der Waals surface area (Å²) in [5.41, 5.74) is 10.0. The van der Waals surface area contributed by atoms with Gasteiger partial charge in [-0.3, -0.25) is 0 Å². The van der Waals surface area contributed by atoms with Crippen LogP contribution in [0.25, 0.3) is 21.8 Å². The number of thiazole rings is 1. The fraction of sp³-hybridized carbons (Fsp3) is 0.0625. The zero-order valence-corrected chi connectivity index (χ0v) is 13.1. The molecule has 2 nitrogen and oxygen atoms in total. The Labute approximate surface area is 130 Å². The number of hydrogen-bond donors (Lipinski definition) is 1. The first-order chi connectivity index (χ1) is 9.78. The molecule has 2 N–H and O–H groups in total. The Bertz CT molecular complexity index is 737. The molecule has 0 aliphatic rings. The minimum atomic E-state index is 0.552. The number of nitrogens with two attached hydrogens (primary N) is 1. The maximum absolute atomic E-state index is 5.69. The summed E-state index contributed by atoms with van der Waals surface area (Å²) in [7, 11) is 0. The third kappa shape index (κ3) is 2.68. The van der Waals surface area contributed by atoms with Crippen LogP contribution in [0.2, 0.25) is 0 Å². The van der Waals surface area contributed by atoms with Crippen LogP contribution in [-0.2, 0) is 6.54 Å². The number of hydrogen-bond acceptors (Lipinski definition) is 3. The van der Waals surface area contributed by atoms with Crippen molar-refractivity contribution in [3.05, 3.63) is 63.9 Å². The molecule has 0 unspecified atom stereocenters. The normalized spacial score (nSPS) is 10.7. The molecule has 0 spiro atoms. The van der Waals surface area contributed by atoms with Gasteiger partial charge < -0.3 is 5.73 Å². The molecule has 0 bridgehead atoms. The van der Waals surface area contributed by atoms with E-state index in [4.69, 9.17) is 10.7 Å². The summed E-state index contributed by atoms with van der Waals surface area (Å²) >= 11 is 5.22. The van der Waals surface area contributed by atoms with Crippen molar-refractivity contribution in [2.24, 2.45) is 5.73 Å². The molecule has 2 aromatic carbocycles. The molecule has 0 atom stereocenters. The van der Waals surface area contributed by atoms with Crippen molar-refractivity contribution in [3.63, 3.8) is 0 Å². The van der Waals surface area contributed by atoms with Gasteiger partial charge in [-0.1, -0.05) is 52.3 Å². The fourth-order valence-corrected chi connectivity index (χ4v) is 3.34. The van der Waals surface area contributed by atoms with E-state index in [-0.39, 0.29) is 0 Å². The lowest BCUT2D eigenvalue weighted by Gasteiger charge is -2.01. The lowest BCUT2D eigenvalue weighted by atomic mass is 10.1. The Hall–Kier alpha value is -1.49. The van der Waals surface area contributed by atoms with Crippen LogP contribution in [-0.4, -0.2) is 4.98 Å². The third-order valence-corrected chi connectivity index (χ3v) is 4.65. The Morgan fingerprint density at radius 3 is 2.75 bits per heavy atom. The predicted molar refractivity (Wildman–Crippen MR) is 88.6 cm³/mol. The summed E-state index contributed by atoms with van der Waals surface area (Å²) in [5, 5.41) is 3.11. The molecule has 0 fully saturated rings. The second-order valence-electron chi connectivity index (χ2n) is 4.42. The van der Waals surface area contributed by atoms with Gasteiger partial charge in [0.2, 0.25) is 0 Å². The number of benzene rings is 2. The molecule has 0 aliphatic carbocycles. The Morgan fingerprint density at radius 2 is 1.95 bits per heavy atom. The molecule has 3 rings (SSSR count). The van der Waals surface area contributed by atoms with Crippen molar-refractivity contribution < 1.29 is 0 Å². The van der Waals surface area contributed by atoms with Crippen molar-refractivity contribution in [1.82, 2.24) is 4.98 Å². The summed E-state index contributed by atoms with van der Waals surface area (Å²) in [6.45, 7) is 0.552. The van der Waals surface area contributed by atoms with Gasteiger partial charge in [0.25, 0.3) is 0 Å². The van der Waals surface area contributed by atoms with E-state index in [0.29, 0.717) is 6.54 Å². The topological polar surface area (TPSA) is 38.9 Å². The van der Waals surface area contributed by atoms with Gasteiger partial charge >= 0.3 is 0 Å². The van der Waals surface area contributed by atoms with Gasteiger partial charge in [-0.15, -0.1) is 11.3 Å². The average molecular weight is 345 g/mol. The van der Waals surface area contributed by atoms with E-state index in [9.17, 15) is 0 Å². The number of rotatable bonds is 3. The minimum absolute atomic E-state index is 0.552. The van der Waals surface area contributed by atoms with Crippen molar-refractivity contribution in [2.75, 3.05) is 0 Å². The van der Waals surface area contributed by atoms with Crippen LogP contribution in [0.3, 0.4) is 0 Å². The van der Waals surface area contributed by atoms with Crippen molar-refractivity contribution in [1.29, 1.82) is 0 Å². The molecule has 4 heteroatoms. The zero-order chi connectivity index (χ0) is 13.9. The smallest absolute Gasteiger partial charge is 0.124 e. The molecule has 0 aliphatic heterocycles. The monoisotopic (exact) mass is 344 g/mol. The third-order valence-electron chi connectivity index (χ3n) is 3.06. The highest BCUT2D eigenvalue weighted by molar-refractivity contribution is 9.10. The van der Waals surface area contributed by atoms with E-state index in [0.717, 1.165) is 31.9 Å². The highest BCUT2D eigenvalue weighted by Gasteiger charge is 2.09. The van der Waals surface area contributed by atoms with E-state index in [2.05, 4.69) is 39.5 Å². The van der Waals surface area contributed by atoms with Crippen LogP contribution >= 0.6 is 27.3 Å². The Morgan fingerprint density at radius 1 is 1.10 bits per heavy atom. The summed E-state index contributed by atoms with van der Waals surface area (Å²) in [4.78, 5) is 4.73. The minimum Gasteiger partial charge on any atom is -0.326 e. The van der Waals surface area contributed by atoms with Gasteiger partial charge in [0.1, 0.15) is 5.01 Å². The van der Waals surface area contributed by atoms with E-state index in [1.54, 1.807) is 11.3 Å². The highest BCUT2D eigenvalue weighted by atomic mass is 79.9. The quantitative estimate of drug-likeness (QED) is 0.747. The van der Waals surface area contributed by atoms with Crippen LogP contribution in [0.5, 0.6) is 0 Å². The van der Waals surface area contributed by atoms with Gasteiger partial charge in [-0.25, -0.2) is 4.98 Å². The first-order valence-corrected chi connectivity index (χ1v) is 7.95. The van der Waals surface area contributed by atoms with Gasteiger partial charge in [0.15, 0.2) is 0 Å². The van der Waals surface area contributed by atoms with E-state index >= 15 is 0 Å². The molecular formula is C16H13BrN2S. The molecule has 0 radical (unpaired) electrons. The summed E-state index contributed by atoms with van der Waals surface area (Å²) in [6.07, 6.45) is 0. The Balaban J connectivity index is 2.00. The molecule has 1 heterocycles. The van der Waals surface area contributed by atoms with E-state index in [1.165, 1.54) is 0 Å². The van der Waals surface area contributed by atoms with Crippen LogP contribution in [0.1, 0.15) is 5.56 Å². The van der Waals surface area contributed by atoms with Crippen LogP contribution in [0.4, 0.5) is 0 Å². The summed E-state index contributed by atoms with van der Waals surface area (Å²) in [5.74, 6) is 0. The first kappa shape index (κ1) is 13.5.